The number of rotatable bonds is 17. The second-order valence-electron chi connectivity index (χ2n) is 12.9. The Morgan fingerprint density at radius 3 is 2.33 bits per heavy atom. The maximum atomic E-state index is 15.5. The summed E-state index contributed by atoms with van der Waals surface area (Å²) in [4.78, 5) is 25.6. The molecule has 1 aliphatic rings. The fraction of sp³-hybridized carbons (Fsp3) is 0.233. The van der Waals surface area contributed by atoms with Crippen LogP contribution in [0.25, 0.3) is 28.0 Å². The van der Waals surface area contributed by atoms with Gasteiger partial charge in [-0.15, -0.1) is 0 Å². The quantitative estimate of drug-likeness (QED) is 0.0147. The van der Waals surface area contributed by atoms with Crippen LogP contribution in [0.4, 0.5) is 17.6 Å². The van der Waals surface area contributed by atoms with Crippen molar-refractivity contribution in [3.8, 4) is 22.6 Å². The van der Waals surface area contributed by atoms with Crippen molar-refractivity contribution in [1.82, 2.24) is 0 Å². The first-order valence-corrected chi connectivity index (χ1v) is 18.5. The average Bonchev–Trinajstić information content (AvgIpc) is 4.01. The number of carbonyl (C=O) groups is 2. The number of hydrogen-bond acceptors (Lipinski definition) is 8. The summed E-state index contributed by atoms with van der Waals surface area (Å²) in [5.41, 5.74) is 2.11. The third-order valence-electron chi connectivity index (χ3n) is 8.86. The van der Waals surface area contributed by atoms with Crippen LogP contribution in [-0.2, 0) is 14.3 Å². The van der Waals surface area contributed by atoms with Crippen LogP contribution in [0.1, 0.15) is 52.7 Å². The summed E-state index contributed by atoms with van der Waals surface area (Å²) in [7, 11) is 0. The predicted octanol–water partition coefficient (Wildman–Crippen LogP) is 10.3. The molecule has 5 aromatic carbocycles. The Kier molecular flexibility index (Phi) is 13.1. The van der Waals surface area contributed by atoms with Crippen LogP contribution in [0.15, 0.2) is 89.8 Å². The molecule has 7 nitrogen and oxygen atoms in total. The predicted molar refractivity (Wildman–Crippen MR) is 204 cm³/mol. The number of fused-ring (bicyclic) bond motifs is 1. The molecule has 1 unspecified atom stereocenters. The van der Waals surface area contributed by atoms with Gasteiger partial charge in [0.25, 0.3) is 0 Å². The van der Waals surface area contributed by atoms with Crippen molar-refractivity contribution in [3.63, 3.8) is 0 Å². The second-order valence-corrected chi connectivity index (χ2v) is 13.9. The Morgan fingerprint density at radius 1 is 0.855 bits per heavy atom. The lowest BCUT2D eigenvalue weighted by Gasteiger charge is -2.11. The number of nitrogens with one attached hydrogen (secondary N) is 1. The van der Waals surface area contributed by atoms with E-state index in [-0.39, 0.29) is 39.0 Å². The smallest absolute Gasteiger partial charge is 0.336 e. The minimum Gasteiger partial charge on any atom is -0.491 e. The lowest BCUT2D eigenvalue weighted by atomic mass is 9.96. The normalized spacial score (nSPS) is 13.7. The number of halogens is 4. The van der Waals surface area contributed by atoms with Gasteiger partial charge in [0.05, 0.1) is 19.8 Å². The Balaban J connectivity index is 1.03. The topological polar surface area (TPSA) is 98.2 Å². The Labute approximate surface area is 319 Å². The van der Waals surface area contributed by atoms with Crippen LogP contribution in [0.5, 0.6) is 11.5 Å². The molecule has 12 heteroatoms. The van der Waals surface area contributed by atoms with Crippen LogP contribution < -0.4 is 9.47 Å². The molecule has 55 heavy (non-hydrogen) atoms. The third-order valence-corrected chi connectivity index (χ3v) is 9.75. The summed E-state index contributed by atoms with van der Waals surface area (Å²) in [6.45, 7) is 3.81. The Bertz CT molecular complexity index is 2230. The minimum absolute atomic E-state index is 0.112. The van der Waals surface area contributed by atoms with Crippen molar-refractivity contribution in [1.29, 1.82) is 5.41 Å². The zero-order chi connectivity index (χ0) is 38.9. The summed E-state index contributed by atoms with van der Waals surface area (Å²) >= 11 is 0.673. The number of unbranched alkanes of at least 4 members (excludes halogenated alkanes) is 3. The molecule has 0 spiro atoms. The van der Waals surface area contributed by atoms with E-state index >= 15 is 4.39 Å². The maximum absolute atomic E-state index is 15.5. The fourth-order valence-electron chi connectivity index (χ4n) is 5.70. The van der Waals surface area contributed by atoms with Gasteiger partial charge in [-0.2, -0.15) is 0 Å². The number of thioether (sulfide) groups is 1. The highest BCUT2D eigenvalue weighted by molar-refractivity contribution is 8.14. The molecule has 1 heterocycles. The van der Waals surface area contributed by atoms with Gasteiger partial charge in [0.2, 0.25) is 5.12 Å². The van der Waals surface area contributed by atoms with Gasteiger partial charge in [0, 0.05) is 45.9 Å². The molecule has 1 aliphatic heterocycles. The fourth-order valence-corrected chi connectivity index (χ4v) is 6.49. The molecular formula is C43H37F4NO6S. The monoisotopic (exact) mass is 771 g/mol. The van der Waals surface area contributed by atoms with Gasteiger partial charge in [-0.25, -0.2) is 22.4 Å². The Morgan fingerprint density at radius 2 is 1.60 bits per heavy atom. The van der Waals surface area contributed by atoms with Gasteiger partial charge in [-0.3, -0.25) is 4.79 Å². The molecule has 0 aromatic heterocycles. The highest BCUT2D eigenvalue weighted by Gasteiger charge is 2.22. The first-order chi connectivity index (χ1) is 26.6. The van der Waals surface area contributed by atoms with E-state index in [0.717, 1.165) is 56.7 Å². The van der Waals surface area contributed by atoms with Crippen LogP contribution in [0.2, 0.25) is 0 Å². The van der Waals surface area contributed by atoms with Crippen molar-refractivity contribution in [2.45, 2.75) is 43.6 Å². The molecule has 0 bridgehead atoms. The van der Waals surface area contributed by atoms with Gasteiger partial charge < -0.3 is 24.4 Å². The molecule has 5 aromatic rings. The SMILES string of the molecule is Cc1c(F)cc(SC(=O)c2ccc(-c3ccc4c(F)c(OC(=O)/C=C/c5ccc(OCCCCCCOCC6CO6)c(F)c5)ccc4c3)c(C=N)c2)cc1F. The summed E-state index contributed by atoms with van der Waals surface area (Å²) in [5, 5.41) is 8.16. The number of carbonyl (C=O) groups excluding carboxylic acids is 2. The van der Waals surface area contributed by atoms with E-state index in [1.807, 2.05) is 0 Å². The molecular weight excluding hydrogens is 735 g/mol. The standard InChI is InChI=1S/C43H37F4NO6S/c1-26-36(44)21-33(22-37(26)45)55-43(50)30-9-11-34(31(20-30)23-48)28-8-12-35-29(19-28)10-14-40(42(35)47)54-41(49)15-7-27-6-13-39(38(46)18-27)52-17-5-3-2-4-16-51-24-32-25-53-32/h6-15,18-23,32,48H,2-5,16-17,24-25H2,1H3/b15-7+,48-23?. The molecule has 1 saturated heterocycles. The molecule has 0 saturated carbocycles. The van der Waals surface area contributed by atoms with E-state index in [9.17, 15) is 22.8 Å². The van der Waals surface area contributed by atoms with Crippen molar-refractivity contribution >= 4 is 45.9 Å². The molecule has 1 fully saturated rings. The molecule has 0 aliphatic carbocycles. The van der Waals surface area contributed by atoms with Crippen molar-refractivity contribution in [3.05, 3.63) is 130 Å². The van der Waals surface area contributed by atoms with Crippen molar-refractivity contribution in [2.24, 2.45) is 0 Å². The molecule has 284 valence electrons. The van der Waals surface area contributed by atoms with Crippen LogP contribution in [-0.4, -0.2) is 49.8 Å². The van der Waals surface area contributed by atoms with E-state index in [1.165, 1.54) is 43.3 Å². The van der Waals surface area contributed by atoms with Crippen LogP contribution in [0, 0.1) is 35.6 Å². The lowest BCUT2D eigenvalue weighted by Crippen LogP contribution is -2.05. The highest BCUT2D eigenvalue weighted by Crippen LogP contribution is 2.33. The highest BCUT2D eigenvalue weighted by atomic mass is 32.2. The first-order valence-electron chi connectivity index (χ1n) is 17.7. The second kappa shape index (κ2) is 18.4. The summed E-state index contributed by atoms with van der Waals surface area (Å²) in [6.07, 6.45) is 7.43. The van der Waals surface area contributed by atoms with Crippen molar-refractivity contribution < 1.29 is 46.1 Å². The summed E-state index contributed by atoms with van der Waals surface area (Å²) in [5.74, 6) is -3.88. The van der Waals surface area contributed by atoms with Gasteiger partial charge in [-0.05, 0) is 115 Å². The number of hydrogen-bond donors (Lipinski definition) is 1. The molecule has 1 atom stereocenters. The summed E-state index contributed by atoms with van der Waals surface area (Å²) < 4.78 is 79.6. The zero-order valence-corrected chi connectivity index (χ0v) is 30.7. The number of benzene rings is 5. The van der Waals surface area contributed by atoms with E-state index in [2.05, 4.69) is 0 Å². The molecule has 0 amide bonds. The molecule has 1 N–H and O–H groups in total. The van der Waals surface area contributed by atoms with Crippen molar-refractivity contribution in [2.75, 3.05) is 26.4 Å². The van der Waals surface area contributed by atoms with Gasteiger partial charge in [0.15, 0.2) is 23.1 Å². The van der Waals surface area contributed by atoms with E-state index in [4.69, 9.17) is 24.4 Å². The number of ether oxygens (including phenoxy) is 4. The first kappa shape index (κ1) is 39.4. The minimum atomic E-state index is -0.858. The largest absolute Gasteiger partial charge is 0.491 e. The van der Waals surface area contributed by atoms with Crippen LogP contribution >= 0.6 is 11.8 Å². The zero-order valence-electron chi connectivity index (χ0n) is 29.8. The molecule has 0 radical (unpaired) electrons. The van der Waals surface area contributed by atoms with Gasteiger partial charge in [0.1, 0.15) is 17.7 Å². The Hall–Kier alpha value is -5.30. The third kappa shape index (κ3) is 10.5. The van der Waals surface area contributed by atoms with Gasteiger partial charge in [-0.1, -0.05) is 36.8 Å². The van der Waals surface area contributed by atoms with E-state index in [0.29, 0.717) is 59.2 Å². The number of esters is 1. The average molecular weight is 772 g/mol. The molecule has 6 rings (SSSR count). The maximum Gasteiger partial charge on any atom is 0.336 e. The number of epoxide rings is 1. The lowest BCUT2D eigenvalue weighted by molar-refractivity contribution is -0.129. The van der Waals surface area contributed by atoms with E-state index in [1.54, 1.807) is 36.4 Å². The van der Waals surface area contributed by atoms with Gasteiger partial charge >= 0.3 is 5.97 Å². The van der Waals surface area contributed by atoms with Crippen LogP contribution in [0.3, 0.4) is 0 Å². The summed E-state index contributed by atoms with van der Waals surface area (Å²) in [6, 6.07) is 19.0. The van der Waals surface area contributed by atoms with E-state index < -0.39 is 34.4 Å².